The highest BCUT2D eigenvalue weighted by molar-refractivity contribution is 7.88. The molecule has 1 saturated carbocycles. The minimum absolute atomic E-state index is 0.000906. The topological polar surface area (TPSA) is 66.4 Å². The number of nitrogens with one attached hydrogen (secondary N) is 1. The van der Waals surface area contributed by atoms with Crippen LogP contribution in [0.3, 0.4) is 0 Å². The van der Waals surface area contributed by atoms with Crippen molar-refractivity contribution in [1.29, 1.82) is 0 Å². The Morgan fingerprint density at radius 3 is 2.30 bits per heavy atom. The number of sulfonamides is 1. The zero-order valence-electron chi connectivity index (χ0n) is 11.9. The van der Waals surface area contributed by atoms with E-state index in [0.29, 0.717) is 6.54 Å². The van der Waals surface area contributed by atoms with Crippen molar-refractivity contribution in [2.45, 2.75) is 45.0 Å². The van der Waals surface area contributed by atoms with Gasteiger partial charge in [0.1, 0.15) is 0 Å². The van der Waals surface area contributed by atoms with Crippen molar-refractivity contribution in [3.8, 4) is 0 Å². The maximum absolute atomic E-state index is 12.1. The molecule has 5 heteroatoms. The highest BCUT2D eigenvalue weighted by Crippen LogP contribution is 2.49. The zero-order chi connectivity index (χ0) is 14.6. The van der Waals surface area contributed by atoms with Crippen LogP contribution in [0.1, 0.15) is 43.7 Å². The quantitative estimate of drug-likeness (QED) is 0.773. The molecule has 0 unspecified atom stereocenters. The summed E-state index contributed by atoms with van der Waals surface area (Å²) in [6, 6.07) is 7.02. The van der Waals surface area contributed by atoms with Crippen LogP contribution in [0.15, 0.2) is 24.3 Å². The molecular weight excluding hydrogens is 274 g/mol. The van der Waals surface area contributed by atoms with Gasteiger partial charge in [0, 0.05) is 6.54 Å². The summed E-state index contributed by atoms with van der Waals surface area (Å²) >= 11 is 0. The Morgan fingerprint density at radius 1 is 1.20 bits per heavy atom. The predicted molar refractivity (Wildman–Crippen MR) is 79.6 cm³/mol. The van der Waals surface area contributed by atoms with Crippen LogP contribution in [0.5, 0.6) is 0 Å². The minimum Gasteiger partial charge on any atom is -0.392 e. The van der Waals surface area contributed by atoms with Gasteiger partial charge in [-0.05, 0) is 35.8 Å². The van der Waals surface area contributed by atoms with Crippen LogP contribution in [0.4, 0.5) is 0 Å². The van der Waals surface area contributed by atoms with Gasteiger partial charge in [-0.1, -0.05) is 37.6 Å². The molecule has 1 fully saturated rings. The molecule has 1 aromatic rings. The van der Waals surface area contributed by atoms with E-state index in [1.165, 1.54) is 0 Å². The summed E-state index contributed by atoms with van der Waals surface area (Å²) in [4.78, 5) is 0. The van der Waals surface area contributed by atoms with Crippen LogP contribution < -0.4 is 4.72 Å². The largest absolute Gasteiger partial charge is 0.392 e. The zero-order valence-corrected chi connectivity index (χ0v) is 12.7. The number of aliphatic hydroxyl groups is 1. The average molecular weight is 297 g/mol. The summed E-state index contributed by atoms with van der Waals surface area (Å²) in [6.07, 6.45) is 4.47. The monoisotopic (exact) mass is 297 g/mol. The van der Waals surface area contributed by atoms with E-state index in [2.05, 4.69) is 11.6 Å². The van der Waals surface area contributed by atoms with Crippen molar-refractivity contribution in [2.75, 3.05) is 6.54 Å². The first kappa shape index (κ1) is 15.5. The third-order valence-electron chi connectivity index (χ3n) is 3.97. The molecule has 0 amide bonds. The molecule has 20 heavy (non-hydrogen) atoms. The van der Waals surface area contributed by atoms with Crippen molar-refractivity contribution >= 4 is 10.0 Å². The van der Waals surface area contributed by atoms with Crippen LogP contribution in [-0.4, -0.2) is 20.1 Å². The second kappa shape index (κ2) is 6.24. The van der Waals surface area contributed by atoms with E-state index in [9.17, 15) is 8.42 Å². The number of benzene rings is 1. The molecule has 0 aromatic heterocycles. The lowest BCUT2D eigenvalue weighted by Gasteiger charge is -2.15. The first-order valence-corrected chi connectivity index (χ1v) is 8.80. The Kier molecular flexibility index (Phi) is 4.83. The second-order valence-electron chi connectivity index (χ2n) is 5.80. The van der Waals surface area contributed by atoms with Gasteiger partial charge in [-0.2, -0.15) is 0 Å². The lowest BCUT2D eigenvalue weighted by atomic mass is 10.0. The lowest BCUT2D eigenvalue weighted by Crippen LogP contribution is -2.31. The van der Waals surface area contributed by atoms with Gasteiger partial charge >= 0.3 is 0 Å². The Hall–Kier alpha value is -0.910. The second-order valence-corrected chi connectivity index (χ2v) is 7.61. The van der Waals surface area contributed by atoms with Gasteiger partial charge in [0.15, 0.2) is 0 Å². The van der Waals surface area contributed by atoms with E-state index >= 15 is 0 Å². The Balaban J connectivity index is 1.90. The molecule has 0 radical (unpaired) electrons. The van der Waals surface area contributed by atoms with Crippen LogP contribution in [0, 0.1) is 5.41 Å². The highest BCUT2D eigenvalue weighted by atomic mass is 32.2. The smallest absolute Gasteiger partial charge is 0.215 e. The molecule has 0 aliphatic heterocycles. The Labute approximate surface area is 121 Å². The molecule has 4 nitrogen and oxygen atoms in total. The summed E-state index contributed by atoms with van der Waals surface area (Å²) in [5.74, 6) is 0.000906. The van der Waals surface area contributed by atoms with Gasteiger partial charge in [-0.15, -0.1) is 0 Å². The summed E-state index contributed by atoms with van der Waals surface area (Å²) in [6.45, 7) is 2.68. The van der Waals surface area contributed by atoms with Gasteiger partial charge in [0.2, 0.25) is 10.0 Å². The molecule has 0 atom stereocenters. The van der Waals surface area contributed by atoms with E-state index in [-0.39, 0.29) is 17.8 Å². The number of rotatable bonds is 8. The first-order chi connectivity index (χ1) is 9.49. The molecular formula is C15H23NO3S. The van der Waals surface area contributed by atoms with E-state index in [0.717, 1.165) is 36.8 Å². The average Bonchev–Trinajstić information content (AvgIpc) is 3.18. The summed E-state index contributed by atoms with van der Waals surface area (Å²) in [7, 11) is -3.28. The molecule has 2 rings (SSSR count). The van der Waals surface area contributed by atoms with Crippen molar-refractivity contribution in [2.24, 2.45) is 5.41 Å². The molecule has 0 spiro atoms. The molecule has 1 aliphatic carbocycles. The van der Waals surface area contributed by atoms with Crippen LogP contribution >= 0.6 is 0 Å². The van der Waals surface area contributed by atoms with Gasteiger partial charge < -0.3 is 5.11 Å². The van der Waals surface area contributed by atoms with Gasteiger partial charge in [-0.25, -0.2) is 13.1 Å². The van der Waals surface area contributed by atoms with E-state index < -0.39 is 10.0 Å². The predicted octanol–water partition coefficient (Wildman–Crippen LogP) is 2.18. The fraction of sp³-hybridized carbons (Fsp3) is 0.600. The van der Waals surface area contributed by atoms with E-state index in [4.69, 9.17) is 5.11 Å². The fourth-order valence-corrected chi connectivity index (χ4v) is 3.76. The molecule has 0 bridgehead atoms. The van der Waals surface area contributed by atoms with Crippen LogP contribution in [-0.2, 0) is 22.4 Å². The molecule has 112 valence electrons. The fourth-order valence-electron chi connectivity index (χ4n) is 2.50. The molecule has 2 N–H and O–H groups in total. The molecule has 1 aliphatic rings. The number of hydrogen-bond donors (Lipinski definition) is 2. The summed E-state index contributed by atoms with van der Waals surface area (Å²) in [5.41, 5.74) is 1.76. The van der Waals surface area contributed by atoms with Crippen LogP contribution in [0.25, 0.3) is 0 Å². The molecule has 1 aromatic carbocycles. The maximum atomic E-state index is 12.1. The van der Waals surface area contributed by atoms with E-state index in [1.807, 2.05) is 0 Å². The van der Waals surface area contributed by atoms with Gasteiger partial charge in [0.25, 0.3) is 0 Å². The minimum atomic E-state index is -3.28. The lowest BCUT2D eigenvalue weighted by molar-refractivity contribution is 0.282. The van der Waals surface area contributed by atoms with Crippen molar-refractivity contribution in [3.05, 3.63) is 35.4 Å². The SMILES string of the molecule is CCCC1(CNS(=O)(=O)Cc2ccc(CO)cc2)CC1. The van der Waals surface area contributed by atoms with Crippen LogP contribution in [0.2, 0.25) is 0 Å². The van der Waals surface area contributed by atoms with Crippen molar-refractivity contribution < 1.29 is 13.5 Å². The number of hydrogen-bond acceptors (Lipinski definition) is 3. The van der Waals surface area contributed by atoms with Crippen molar-refractivity contribution in [1.82, 2.24) is 4.72 Å². The van der Waals surface area contributed by atoms with Crippen molar-refractivity contribution in [3.63, 3.8) is 0 Å². The Bertz CT molecular complexity index is 533. The molecule has 0 heterocycles. The standard InChI is InChI=1S/C15H23NO3S/c1-2-7-15(8-9-15)12-16-20(18,19)11-14-5-3-13(10-17)4-6-14/h3-6,16-17H,2,7-12H2,1H3. The first-order valence-electron chi connectivity index (χ1n) is 7.15. The van der Waals surface area contributed by atoms with Gasteiger partial charge in [0.05, 0.1) is 12.4 Å². The summed E-state index contributed by atoms with van der Waals surface area (Å²) < 4.78 is 26.9. The summed E-state index contributed by atoms with van der Waals surface area (Å²) in [5, 5.41) is 8.96. The normalized spacial score (nSPS) is 17.1. The van der Waals surface area contributed by atoms with E-state index in [1.54, 1.807) is 24.3 Å². The number of aliphatic hydroxyl groups excluding tert-OH is 1. The third kappa shape index (κ3) is 4.30. The highest BCUT2D eigenvalue weighted by Gasteiger charge is 2.41. The maximum Gasteiger partial charge on any atom is 0.215 e. The van der Waals surface area contributed by atoms with Gasteiger partial charge in [-0.3, -0.25) is 0 Å². The Morgan fingerprint density at radius 2 is 1.80 bits per heavy atom. The third-order valence-corrected chi connectivity index (χ3v) is 5.26. The molecule has 0 saturated heterocycles.